The van der Waals surface area contributed by atoms with Gasteiger partial charge < -0.3 is 0 Å². The molecule has 1 aromatic rings. The van der Waals surface area contributed by atoms with Gasteiger partial charge in [-0.25, -0.2) is 4.98 Å². The minimum atomic E-state index is 0.494. The molecule has 0 fully saturated rings. The molecule has 0 atom stereocenters. The van der Waals surface area contributed by atoms with Crippen LogP contribution in [-0.2, 0) is 0 Å². The summed E-state index contributed by atoms with van der Waals surface area (Å²) >= 11 is 3.04. The van der Waals surface area contributed by atoms with Crippen LogP contribution in [0.25, 0.3) is 0 Å². The lowest BCUT2D eigenvalue weighted by atomic mass is 10.9. The van der Waals surface area contributed by atoms with Crippen LogP contribution in [0.4, 0.5) is 0 Å². The highest BCUT2D eigenvalue weighted by molar-refractivity contribution is 8.01. The van der Waals surface area contributed by atoms with Crippen LogP contribution in [-0.4, -0.2) is 10.7 Å². The van der Waals surface area contributed by atoms with Gasteiger partial charge in [-0.3, -0.25) is 0 Å². The van der Waals surface area contributed by atoms with Crippen molar-refractivity contribution in [1.82, 2.24) is 4.98 Å². The van der Waals surface area contributed by atoms with Crippen LogP contribution in [0.2, 0.25) is 0 Å². The minimum absolute atomic E-state index is 0.494. The summed E-state index contributed by atoms with van der Waals surface area (Å²) in [6.07, 6.45) is 1.74. The Balaban J connectivity index is 2.41. The van der Waals surface area contributed by atoms with Gasteiger partial charge in [-0.05, 0) is 0 Å². The molecule has 9 heavy (non-hydrogen) atoms. The Labute approximate surface area is 61.5 Å². The fourth-order valence-electron chi connectivity index (χ4n) is 0.376. The summed E-state index contributed by atoms with van der Waals surface area (Å²) in [4.78, 5) is 3.98. The number of thioether (sulfide) groups is 1. The van der Waals surface area contributed by atoms with E-state index in [0.29, 0.717) is 5.75 Å². The van der Waals surface area contributed by atoms with Crippen molar-refractivity contribution in [3.05, 3.63) is 11.6 Å². The molecule has 0 saturated carbocycles. The third kappa shape index (κ3) is 2.04. The Hall–Kier alpha value is -0.530. The fourth-order valence-corrected chi connectivity index (χ4v) is 1.67. The first-order valence-corrected chi connectivity index (χ1v) is 4.19. The Morgan fingerprint density at radius 2 is 2.78 bits per heavy atom. The first-order valence-electron chi connectivity index (χ1n) is 2.32. The molecule has 0 aromatic carbocycles. The van der Waals surface area contributed by atoms with Crippen molar-refractivity contribution in [1.29, 1.82) is 5.26 Å². The molecule has 0 bridgehead atoms. The first-order chi connectivity index (χ1) is 4.43. The van der Waals surface area contributed by atoms with E-state index in [2.05, 4.69) is 4.98 Å². The van der Waals surface area contributed by atoms with Crippen molar-refractivity contribution in [3.63, 3.8) is 0 Å². The van der Waals surface area contributed by atoms with E-state index in [4.69, 9.17) is 5.26 Å². The number of rotatable bonds is 2. The highest BCUT2D eigenvalue weighted by Crippen LogP contribution is 2.18. The normalized spacial score (nSPS) is 8.78. The smallest absolute Gasteiger partial charge is 0.150 e. The number of hydrogen-bond acceptors (Lipinski definition) is 4. The third-order valence-corrected chi connectivity index (χ3v) is 2.50. The predicted molar refractivity (Wildman–Crippen MR) is 38.5 cm³/mol. The molecule has 0 aliphatic heterocycles. The quantitative estimate of drug-likeness (QED) is 0.612. The summed E-state index contributed by atoms with van der Waals surface area (Å²) < 4.78 is 0.969. The summed E-state index contributed by atoms with van der Waals surface area (Å²) in [5.74, 6) is 0.494. The van der Waals surface area contributed by atoms with E-state index >= 15 is 0 Å². The van der Waals surface area contributed by atoms with Gasteiger partial charge in [0.25, 0.3) is 0 Å². The lowest BCUT2D eigenvalue weighted by Gasteiger charge is -1.82. The molecule has 4 heteroatoms. The Bertz CT molecular complexity index is 199. The third-order valence-electron chi connectivity index (χ3n) is 0.670. The van der Waals surface area contributed by atoms with Gasteiger partial charge in [-0.2, -0.15) is 5.26 Å². The number of nitriles is 1. The van der Waals surface area contributed by atoms with E-state index in [-0.39, 0.29) is 0 Å². The maximum absolute atomic E-state index is 8.17. The minimum Gasteiger partial charge on any atom is -0.238 e. The van der Waals surface area contributed by atoms with Crippen molar-refractivity contribution in [3.8, 4) is 6.07 Å². The molecule has 0 spiro atoms. The van der Waals surface area contributed by atoms with Crippen LogP contribution in [0, 0.1) is 11.3 Å². The van der Waals surface area contributed by atoms with E-state index in [0.717, 1.165) is 4.34 Å². The van der Waals surface area contributed by atoms with Gasteiger partial charge >= 0.3 is 0 Å². The van der Waals surface area contributed by atoms with Crippen molar-refractivity contribution in [2.24, 2.45) is 0 Å². The van der Waals surface area contributed by atoms with Gasteiger partial charge in [0, 0.05) is 11.6 Å². The van der Waals surface area contributed by atoms with Gasteiger partial charge in [-0.15, -0.1) is 11.3 Å². The first kappa shape index (κ1) is 6.59. The lowest BCUT2D eigenvalue weighted by molar-refractivity contribution is 1.25. The monoisotopic (exact) mass is 156 g/mol. The largest absolute Gasteiger partial charge is 0.238 e. The van der Waals surface area contributed by atoms with Crippen LogP contribution in [0.1, 0.15) is 0 Å². The predicted octanol–water partition coefficient (Wildman–Crippen LogP) is 1.76. The molecule has 0 radical (unpaired) electrons. The van der Waals surface area contributed by atoms with Crippen LogP contribution in [0.3, 0.4) is 0 Å². The van der Waals surface area contributed by atoms with Gasteiger partial charge in [0.15, 0.2) is 4.34 Å². The highest BCUT2D eigenvalue weighted by Gasteiger charge is 1.92. The molecule has 1 heterocycles. The molecule has 0 aliphatic rings. The number of aromatic nitrogens is 1. The lowest BCUT2D eigenvalue weighted by Crippen LogP contribution is -1.68. The molecular formula is C5H4N2S2. The SMILES string of the molecule is N#CCSc1nccs1. The van der Waals surface area contributed by atoms with Crippen molar-refractivity contribution in [2.75, 3.05) is 5.75 Å². The van der Waals surface area contributed by atoms with Crippen molar-refractivity contribution in [2.45, 2.75) is 4.34 Å². The second kappa shape index (κ2) is 3.49. The molecule has 0 unspecified atom stereocenters. The Kier molecular flexibility index (Phi) is 2.55. The number of nitrogens with zero attached hydrogens (tertiary/aromatic N) is 2. The zero-order valence-corrected chi connectivity index (χ0v) is 6.21. The summed E-state index contributed by atoms with van der Waals surface area (Å²) in [6.45, 7) is 0. The topological polar surface area (TPSA) is 36.7 Å². The standard InChI is InChI=1S/C5H4N2S2/c6-1-3-8-5-7-2-4-9-5/h2,4H,3H2. The molecule has 1 aromatic heterocycles. The van der Waals surface area contributed by atoms with E-state index in [1.165, 1.54) is 11.8 Å². The van der Waals surface area contributed by atoms with E-state index in [9.17, 15) is 0 Å². The van der Waals surface area contributed by atoms with Crippen LogP contribution in [0.5, 0.6) is 0 Å². The zero-order chi connectivity index (χ0) is 6.53. The summed E-state index contributed by atoms with van der Waals surface area (Å²) in [5, 5.41) is 10.1. The summed E-state index contributed by atoms with van der Waals surface area (Å²) in [6, 6.07) is 2.04. The number of thiazole rings is 1. The summed E-state index contributed by atoms with van der Waals surface area (Å²) in [5.41, 5.74) is 0. The Morgan fingerprint density at radius 3 is 3.33 bits per heavy atom. The van der Waals surface area contributed by atoms with Crippen LogP contribution >= 0.6 is 23.1 Å². The zero-order valence-electron chi connectivity index (χ0n) is 4.57. The summed E-state index contributed by atoms with van der Waals surface area (Å²) in [7, 11) is 0. The molecular weight excluding hydrogens is 152 g/mol. The molecule has 0 amide bonds. The average molecular weight is 156 g/mol. The molecule has 46 valence electrons. The maximum atomic E-state index is 8.17. The molecule has 0 N–H and O–H groups in total. The van der Waals surface area contributed by atoms with Crippen LogP contribution < -0.4 is 0 Å². The van der Waals surface area contributed by atoms with Crippen molar-refractivity contribution >= 4 is 23.1 Å². The average Bonchev–Trinajstić information content (AvgIpc) is 2.34. The fraction of sp³-hybridized carbons (Fsp3) is 0.200. The second-order valence-corrected chi connectivity index (χ2v) is 3.36. The maximum Gasteiger partial charge on any atom is 0.150 e. The van der Waals surface area contributed by atoms with E-state index < -0.39 is 0 Å². The molecule has 0 aliphatic carbocycles. The van der Waals surface area contributed by atoms with Gasteiger partial charge in [0.1, 0.15) is 0 Å². The van der Waals surface area contributed by atoms with Gasteiger partial charge in [0.2, 0.25) is 0 Å². The van der Waals surface area contributed by atoms with E-state index in [1.54, 1.807) is 17.5 Å². The highest BCUT2D eigenvalue weighted by atomic mass is 32.2. The molecule has 2 nitrogen and oxygen atoms in total. The number of hydrogen-bond donors (Lipinski definition) is 0. The van der Waals surface area contributed by atoms with Crippen molar-refractivity contribution < 1.29 is 0 Å². The van der Waals surface area contributed by atoms with Gasteiger partial charge in [-0.1, -0.05) is 11.8 Å². The molecule has 0 saturated heterocycles. The Morgan fingerprint density at radius 1 is 1.89 bits per heavy atom. The molecule has 1 rings (SSSR count). The second-order valence-electron chi connectivity index (χ2n) is 1.24. The van der Waals surface area contributed by atoms with Gasteiger partial charge in [0.05, 0.1) is 11.8 Å². The van der Waals surface area contributed by atoms with E-state index in [1.807, 2.05) is 11.4 Å². The van der Waals surface area contributed by atoms with Crippen LogP contribution in [0.15, 0.2) is 15.9 Å².